The third-order valence-electron chi connectivity index (χ3n) is 2.54. The number of hydrogen-bond donors (Lipinski definition) is 0. The lowest BCUT2D eigenvalue weighted by atomic mass is 10.2. The van der Waals surface area contributed by atoms with Gasteiger partial charge in [-0.2, -0.15) is 0 Å². The zero-order valence-electron chi connectivity index (χ0n) is 11.7. The van der Waals surface area contributed by atoms with E-state index >= 15 is 0 Å². The summed E-state index contributed by atoms with van der Waals surface area (Å²) in [6.07, 6.45) is 4.91. The Morgan fingerprint density at radius 1 is 1.45 bits per heavy atom. The molecule has 0 saturated heterocycles. The van der Waals surface area contributed by atoms with E-state index in [1.54, 1.807) is 17.3 Å². The Hall–Kier alpha value is -1.56. The molecule has 0 bridgehead atoms. The van der Waals surface area contributed by atoms with E-state index in [9.17, 15) is 4.79 Å². The van der Waals surface area contributed by atoms with E-state index in [0.717, 1.165) is 10.2 Å². The van der Waals surface area contributed by atoms with Gasteiger partial charge in [-0.3, -0.25) is 9.88 Å². The van der Waals surface area contributed by atoms with Crippen molar-refractivity contribution >= 4 is 22.0 Å². The van der Waals surface area contributed by atoms with Crippen LogP contribution in [-0.4, -0.2) is 34.7 Å². The second kappa shape index (κ2) is 5.83. The lowest BCUT2D eigenvalue weighted by Crippen LogP contribution is -2.42. The maximum atomic E-state index is 11.9. The van der Waals surface area contributed by atoms with Crippen LogP contribution >= 0.6 is 15.9 Å². The molecule has 2 rings (SSSR count). The summed E-state index contributed by atoms with van der Waals surface area (Å²) in [5.41, 5.74) is 0.312. The van der Waals surface area contributed by atoms with Gasteiger partial charge in [0.15, 0.2) is 0 Å². The van der Waals surface area contributed by atoms with Crippen LogP contribution in [0.1, 0.15) is 20.8 Å². The SMILES string of the molecule is CC(C)(C)OC(=O)N1CC=C1COc1cncc(Br)c1. The predicted molar refractivity (Wildman–Crippen MR) is 78.5 cm³/mol. The monoisotopic (exact) mass is 340 g/mol. The number of nitrogens with zero attached hydrogens (tertiary/aromatic N) is 2. The molecule has 0 aliphatic carbocycles. The van der Waals surface area contributed by atoms with E-state index in [-0.39, 0.29) is 6.09 Å². The average molecular weight is 341 g/mol. The van der Waals surface area contributed by atoms with E-state index in [1.165, 1.54) is 0 Å². The molecule has 1 aromatic heterocycles. The molecule has 20 heavy (non-hydrogen) atoms. The smallest absolute Gasteiger partial charge is 0.414 e. The summed E-state index contributed by atoms with van der Waals surface area (Å²) in [4.78, 5) is 17.5. The summed E-state index contributed by atoms with van der Waals surface area (Å²) >= 11 is 3.33. The Balaban J connectivity index is 1.87. The molecule has 1 aliphatic heterocycles. The molecule has 0 aromatic carbocycles. The Bertz CT molecular complexity index is 537. The molecule has 1 aromatic rings. The molecule has 1 aliphatic rings. The maximum Gasteiger partial charge on any atom is 0.414 e. The minimum Gasteiger partial charge on any atom is -0.486 e. The van der Waals surface area contributed by atoms with Crippen LogP contribution < -0.4 is 4.74 Å². The Morgan fingerprint density at radius 2 is 2.20 bits per heavy atom. The van der Waals surface area contributed by atoms with Crippen LogP contribution in [0.15, 0.2) is 34.7 Å². The van der Waals surface area contributed by atoms with Crippen LogP contribution in [0, 0.1) is 0 Å². The van der Waals surface area contributed by atoms with Crippen LogP contribution in [0.2, 0.25) is 0 Å². The van der Waals surface area contributed by atoms with E-state index in [1.807, 2.05) is 32.9 Å². The van der Waals surface area contributed by atoms with Crippen molar-refractivity contribution in [1.29, 1.82) is 0 Å². The van der Waals surface area contributed by atoms with Crippen LogP contribution in [0.5, 0.6) is 5.75 Å². The number of rotatable bonds is 3. The van der Waals surface area contributed by atoms with Crippen LogP contribution in [0.3, 0.4) is 0 Å². The van der Waals surface area contributed by atoms with Crippen molar-refractivity contribution in [2.24, 2.45) is 0 Å². The fourth-order valence-corrected chi connectivity index (χ4v) is 1.93. The van der Waals surface area contributed by atoms with E-state index < -0.39 is 5.60 Å². The molecular weight excluding hydrogens is 324 g/mol. The molecular formula is C14H17BrN2O3. The van der Waals surface area contributed by atoms with Gasteiger partial charge < -0.3 is 9.47 Å². The zero-order chi connectivity index (χ0) is 14.8. The molecule has 0 spiro atoms. The van der Waals surface area contributed by atoms with E-state index in [4.69, 9.17) is 9.47 Å². The first-order chi connectivity index (χ1) is 9.35. The number of halogens is 1. The largest absolute Gasteiger partial charge is 0.486 e. The van der Waals surface area contributed by atoms with Crippen molar-refractivity contribution < 1.29 is 14.3 Å². The minimum atomic E-state index is -0.493. The van der Waals surface area contributed by atoms with Gasteiger partial charge in [-0.1, -0.05) is 0 Å². The summed E-state index contributed by atoms with van der Waals surface area (Å²) in [5, 5.41) is 0. The van der Waals surface area contributed by atoms with E-state index in [2.05, 4.69) is 20.9 Å². The molecule has 0 saturated carbocycles. The second-order valence-electron chi connectivity index (χ2n) is 5.41. The fourth-order valence-electron chi connectivity index (χ4n) is 1.59. The highest BCUT2D eigenvalue weighted by atomic mass is 79.9. The lowest BCUT2D eigenvalue weighted by molar-refractivity contribution is 0.0279. The Kier molecular flexibility index (Phi) is 4.32. The maximum absolute atomic E-state index is 11.9. The number of amides is 1. The van der Waals surface area contributed by atoms with Crippen molar-refractivity contribution in [2.75, 3.05) is 13.2 Å². The summed E-state index contributed by atoms with van der Waals surface area (Å²) < 4.78 is 11.8. The molecule has 0 fully saturated rings. The molecule has 5 nitrogen and oxygen atoms in total. The van der Waals surface area contributed by atoms with Gasteiger partial charge in [-0.15, -0.1) is 0 Å². The summed E-state index contributed by atoms with van der Waals surface area (Å²) in [6, 6.07) is 1.82. The highest BCUT2D eigenvalue weighted by Gasteiger charge is 2.29. The van der Waals surface area contributed by atoms with Crippen LogP contribution in [0.4, 0.5) is 4.79 Å². The molecule has 6 heteroatoms. The van der Waals surface area contributed by atoms with Gasteiger partial charge in [-0.05, 0) is 48.8 Å². The topological polar surface area (TPSA) is 51.7 Å². The van der Waals surface area contributed by atoms with Crippen molar-refractivity contribution in [3.63, 3.8) is 0 Å². The second-order valence-corrected chi connectivity index (χ2v) is 6.33. The van der Waals surface area contributed by atoms with Crippen LogP contribution in [0.25, 0.3) is 0 Å². The molecule has 0 radical (unpaired) electrons. The third kappa shape index (κ3) is 3.96. The van der Waals surface area contributed by atoms with Gasteiger partial charge in [0.25, 0.3) is 0 Å². The standard InChI is InChI=1S/C14H17BrN2O3/c1-14(2,3)20-13(18)17-5-4-11(17)9-19-12-6-10(15)7-16-8-12/h4,6-8H,5,9H2,1-3H3. The van der Waals surface area contributed by atoms with Gasteiger partial charge in [0.1, 0.15) is 18.0 Å². The highest BCUT2D eigenvalue weighted by Crippen LogP contribution is 2.22. The number of carbonyl (C=O) groups excluding carboxylic acids is 1. The molecule has 1 amide bonds. The normalized spacial score (nSPS) is 14.4. The Morgan fingerprint density at radius 3 is 2.75 bits per heavy atom. The van der Waals surface area contributed by atoms with E-state index in [0.29, 0.717) is 18.9 Å². The number of hydrogen-bond acceptors (Lipinski definition) is 4. The Labute approximate surface area is 126 Å². The van der Waals surface area contributed by atoms with Gasteiger partial charge in [-0.25, -0.2) is 4.79 Å². The van der Waals surface area contributed by atoms with Crippen molar-refractivity contribution in [1.82, 2.24) is 9.88 Å². The first-order valence-electron chi connectivity index (χ1n) is 6.28. The number of ether oxygens (including phenoxy) is 2. The van der Waals surface area contributed by atoms with Gasteiger partial charge in [0.2, 0.25) is 0 Å². The number of pyridine rings is 1. The summed E-state index contributed by atoms with van der Waals surface area (Å²) in [6.45, 7) is 6.41. The van der Waals surface area contributed by atoms with Crippen molar-refractivity contribution in [3.05, 3.63) is 34.7 Å². The molecule has 0 N–H and O–H groups in total. The highest BCUT2D eigenvalue weighted by molar-refractivity contribution is 9.10. The van der Waals surface area contributed by atoms with Gasteiger partial charge in [0.05, 0.1) is 11.9 Å². The minimum absolute atomic E-state index is 0.317. The average Bonchev–Trinajstić information content (AvgIpc) is 2.24. The summed E-state index contributed by atoms with van der Waals surface area (Å²) in [5.74, 6) is 0.649. The fraction of sp³-hybridized carbons (Fsp3) is 0.429. The van der Waals surface area contributed by atoms with Gasteiger partial charge >= 0.3 is 6.09 Å². The summed E-state index contributed by atoms with van der Waals surface area (Å²) in [7, 11) is 0. The third-order valence-corrected chi connectivity index (χ3v) is 2.97. The quantitative estimate of drug-likeness (QED) is 0.846. The molecule has 108 valence electrons. The first kappa shape index (κ1) is 14.8. The molecule has 0 atom stereocenters. The first-order valence-corrected chi connectivity index (χ1v) is 7.07. The predicted octanol–water partition coefficient (Wildman–Crippen LogP) is 3.36. The van der Waals surface area contributed by atoms with Crippen molar-refractivity contribution in [3.8, 4) is 5.75 Å². The van der Waals surface area contributed by atoms with Gasteiger partial charge in [0, 0.05) is 17.2 Å². The molecule has 2 heterocycles. The van der Waals surface area contributed by atoms with Crippen molar-refractivity contribution in [2.45, 2.75) is 26.4 Å². The molecule has 0 unspecified atom stereocenters. The number of carbonyl (C=O) groups is 1. The van der Waals surface area contributed by atoms with Crippen LogP contribution in [-0.2, 0) is 4.74 Å². The lowest BCUT2D eigenvalue weighted by Gasteiger charge is -2.33. The number of aromatic nitrogens is 1. The zero-order valence-corrected chi connectivity index (χ0v) is 13.3.